The quantitative estimate of drug-likeness (QED) is 0.678. The Morgan fingerprint density at radius 3 is 2.64 bits per heavy atom. The van der Waals surface area contributed by atoms with Crippen LogP contribution in [0.4, 0.5) is 4.79 Å². The van der Waals surface area contributed by atoms with Gasteiger partial charge in [-0.2, -0.15) is 0 Å². The van der Waals surface area contributed by atoms with Gasteiger partial charge in [-0.3, -0.25) is 4.79 Å². The fourth-order valence-corrected chi connectivity index (χ4v) is 2.91. The third-order valence-corrected chi connectivity index (χ3v) is 4.23. The largest absolute Gasteiger partial charge is 0.381 e. The van der Waals surface area contributed by atoms with Crippen LogP contribution in [0.5, 0.6) is 0 Å². The second kappa shape index (κ2) is 9.17. The number of hydrogen-bond donors (Lipinski definition) is 3. The van der Waals surface area contributed by atoms with Crippen LogP contribution in [0.25, 0.3) is 0 Å². The van der Waals surface area contributed by atoms with E-state index in [1.54, 1.807) is 4.90 Å². The van der Waals surface area contributed by atoms with E-state index in [4.69, 9.17) is 10.5 Å². The minimum absolute atomic E-state index is 0. The molecule has 2 aliphatic heterocycles. The van der Waals surface area contributed by atoms with Crippen molar-refractivity contribution in [1.82, 2.24) is 15.5 Å². The van der Waals surface area contributed by atoms with E-state index in [0.29, 0.717) is 32.8 Å². The Morgan fingerprint density at radius 2 is 2.00 bits per heavy atom. The summed E-state index contributed by atoms with van der Waals surface area (Å²) in [7, 11) is 0. The molecule has 3 amide bonds. The smallest absolute Gasteiger partial charge is 0.317 e. The summed E-state index contributed by atoms with van der Waals surface area (Å²) >= 11 is 0. The predicted octanol–water partition coefficient (Wildman–Crippen LogP) is 0.0821. The first-order chi connectivity index (χ1) is 10.1. The number of halogens is 1. The number of nitrogens with one attached hydrogen (secondary N) is 2. The third kappa shape index (κ3) is 5.00. The standard InChI is InChI=1S/C14H26N4O3.ClH/c1-2-16-14(20)18-6-3-11(9-18)17-13(19)12(15)10-4-7-21-8-5-10;/h10-12H,2-9,15H2,1H3,(H,16,20)(H,17,19);1H. The first kappa shape index (κ1) is 19.0. The van der Waals surface area contributed by atoms with Crippen LogP contribution in [-0.2, 0) is 9.53 Å². The monoisotopic (exact) mass is 334 g/mol. The number of carbonyl (C=O) groups is 2. The van der Waals surface area contributed by atoms with Crippen LogP contribution < -0.4 is 16.4 Å². The molecule has 0 bridgehead atoms. The summed E-state index contributed by atoms with van der Waals surface area (Å²) in [4.78, 5) is 25.7. The van der Waals surface area contributed by atoms with Gasteiger partial charge in [0.1, 0.15) is 0 Å². The molecule has 2 atom stereocenters. The Hall–Kier alpha value is -1.05. The van der Waals surface area contributed by atoms with Crippen LogP contribution >= 0.6 is 12.4 Å². The number of amides is 3. The first-order valence-corrected chi connectivity index (χ1v) is 7.78. The minimum Gasteiger partial charge on any atom is -0.381 e. The molecule has 0 saturated carbocycles. The average molecular weight is 335 g/mol. The highest BCUT2D eigenvalue weighted by Gasteiger charge is 2.31. The third-order valence-electron chi connectivity index (χ3n) is 4.23. The van der Waals surface area contributed by atoms with Crippen molar-refractivity contribution < 1.29 is 14.3 Å². The highest BCUT2D eigenvalue weighted by molar-refractivity contribution is 5.85. The molecule has 0 radical (unpaired) electrons. The maximum absolute atomic E-state index is 12.2. The molecule has 2 fully saturated rings. The maximum Gasteiger partial charge on any atom is 0.317 e. The van der Waals surface area contributed by atoms with E-state index in [-0.39, 0.29) is 36.3 Å². The molecule has 2 heterocycles. The summed E-state index contributed by atoms with van der Waals surface area (Å²) < 4.78 is 5.29. The molecule has 2 unspecified atom stereocenters. The zero-order valence-electron chi connectivity index (χ0n) is 13.0. The molecular weight excluding hydrogens is 308 g/mol. The SMILES string of the molecule is CCNC(=O)N1CCC(NC(=O)C(N)C2CCOCC2)C1.Cl. The number of likely N-dealkylation sites (tertiary alicyclic amines) is 1. The van der Waals surface area contributed by atoms with Crippen molar-refractivity contribution in [3.63, 3.8) is 0 Å². The Labute approximate surface area is 137 Å². The molecule has 2 saturated heterocycles. The summed E-state index contributed by atoms with van der Waals surface area (Å²) in [5.74, 6) is 0.0873. The molecule has 7 nitrogen and oxygen atoms in total. The molecule has 4 N–H and O–H groups in total. The van der Waals surface area contributed by atoms with Crippen LogP contribution in [0.1, 0.15) is 26.2 Å². The number of nitrogens with zero attached hydrogens (tertiary/aromatic N) is 1. The number of carbonyl (C=O) groups excluding carboxylic acids is 2. The van der Waals surface area contributed by atoms with E-state index >= 15 is 0 Å². The molecule has 0 spiro atoms. The van der Waals surface area contributed by atoms with Crippen molar-refractivity contribution in [2.75, 3.05) is 32.8 Å². The van der Waals surface area contributed by atoms with Gasteiger partial charge in [0, 0.05) is 38.9 Å². The zero-order valence-corrected chi connectivity index (χ0v) is 13.9. The number of rotatable bonds is 4. The minimum atomic E-state index is -0.479. The van der Waals surface area contributed by atoms with E-state index in [1.807, 2.05) is 6.92 Å². The lowest BCUT2D eigenvalue weighted by Gasteiger charge is -2.27. The van der Waals surface area contributed by atoms with Gasteiger partial charge >= 0.3 is 6.03 Å². The van der Waals surface area contributed by atoms with Crippen molar-refractivity contribution in [2.45, 2.75) is 38.3 Å². The second-order valence-corrected chi connectivity index (χ2v) is 5.75. The Bertz CT molecular complexity index is 377. The fourth-order valence-electron chi connectivity index (χ4n) is 2.91. The van der Waals surface area contributed by atoms with Gasteiger partial charge < -0.3 is 26.0 Å². The highest BCUT2D eigenvalue weighted by Crippen LogP contribution is 2.18. The van der Waals surface area contributed by atoms with Gasteiger partial charge in [-0.15, -0.1) is 12.4 Å². The van der Waals surface area contributed by atoms with Gasteiger partial charge in [0.05, 0.1) is 6.04 Å². The number of nitrogens with two attached hydrogens (primary N) is 1. The molecule has 0 aliphatic carbocycles. The number of hydrogen-bond acceptors (Lipinski definition) is 4. The van der Waals surface area contributed by atoms with Crippen LogP contribution in [0, 0.1) is 5.92 Å². The van der Waals surface area contributed by atoms with Gasteiger partial charge in [-0.1, -0.05) is 0 Å². The summed E-state index contributed by atoms with van der Waals surface area (Å²) in [6.45, 7) is 5.09. The summed E-state index contributed by atoms with van der Waals surface area (Å²) in [6.07, 6.45) is 2.46. The van der Waals surface area contributed by atoms with Gasteiger partial charge in [-0.25, -0.2) is 4.79 Å². The second-order valence-electron chi connectivity index (χ2n) is 5.75. The van der Waals surface area contributed by atoms with Crippen LogP contribution in [0.3, 0.4) is 0 Å². The number of ether oxygens (including phenoxy) is 1. The lowest BCUT2D eigenvalue weighted by atomic mass is 9.91. The molecule has 0 aromatic heterocycles. The molecule has 22 heavy (non-hydrogen) atoms. The van der Waals surface area contributed by atoms with Gasteiger partial charge in [0.2, 0.25) is 5.91 Å². The molecule has 128 valence electrons. The van der Waals surface area contributed by atoms with Gasteiger partial charge in [-0.05, 0) is 32.1 Å². The van der Waals surface area contributed by atoms with E-state index in [0.717, 1.165) is 19.3 Å². The Morgan fingerprint density at radius 1 is 1.32 bits per heavy atom. The van der Waals surface area contributed by atoms with E-state index in [2.05, 4.69) is 10.6 Å². The summed E-state index contributed by atoms with van der Waals surface area (Å²) in [6, 6.07) is -0.540. The van der Waals surface area contributed by atoms with Crippen molar-refractivity contribution in [1.29, 1.82) is 0 Å². The van der Waals surface area contributed by atoms with Crippen molar-refractivity contribution >= 4 is 24.3 Å². The Kier molecular flexibility index (Phi) is 7.92. The summed E-state index contributed by atoms with van der Waals surface area (Å²) in [5, 5.41) is 5.75. The lowest BCUT2D eigenvalue weighted by molar-refractivity contribution is -0.125. The highest BCUT2D eigenvalue weighted by atomic mass is 35.5. The van der Waals surface area contributed by atoms with Crippen LogP contribution in [-0.4, -0.2) is 61.8 Å². The molecule has 2 rings (SSSR count). The molecule has 2 aliphatic rings. The van der Waals surface area contributed by atoms with Gasteiger partial charge in [0.15, 0.2) is 0 Å². The van der Waals surface area contributed by atoms with Crippen LogP contribution in [0.15, 0.2) is 0 Å². The zero-order chi connectivity index (χ0) is 15.2. The van der Waals surface area contributed by atoms with Crippen molar-refractivity contribution in [3.8, 4) is 0 Å². The molecule has 8 heteroatoms. The topological polar surface area (TPSA) is 96.7 Å². The molecule has 0 aromatic rings. The van der Waals surface area contributed by atoms with E-state index in [1.165, 1.54) is 0 Å². The van der Waals surface area contributed by atoms with E-state index in [9.17, 15) is 9.59 Å². The normalized spacial score (nSPS) is 23.5. The van der Waals surface area contributed by atoms with Crippen molar-refractivity contribution in [3.05, 3.63) is 0 Å². The molecular formula is C14H27ClN4O3. The van der Waals surface area contributed by atoms with Crippen molar-refractivity contribution in [2.24, 2.45) is 11.7 Å². The van der Waals surface area contributed by atoms with E-state index < -0.39 is 6.04 Å². The Balaban J connectivity index is 0.00000242. The van der Waals surface area contributed by atoms with Gasteiger partial charge in [0.25, 0.3) is 0 Å². The van der Waals surface area contributed by atoms with Crippen LogP contribution in [0.2, 0.25) is 0 Å². The fraction of sp³-hybridized carbons (Fsp3) is 0.857. The lowest BCUT2D eigenvalue weighted by Crippen LogP contribution is -2.51. The molecule has 0 aromatic carbocycles. The first-order valence-electron chi connectivity index (χ1n) is 7.78. The maximum atomic E-state index is 12.2. The predicted molar refractivity (Wildman–Crippen MR) is 86.0 cm³/mol. The average Bonchev–Trinajstić information content (AvgIpc) is 2.96. The number of urea groups is 1. The summed E-state index contributed by atoms with van der Waals surface area (Å²) in [5.41, 5.74) is 6.05.